The largest absolute Gasteiger partial charge is 0.376 e. The second-order valence-electron chi connectivity index (χ2n) is 8.67. The van der Waals surface area contributed by atoms with Gasteiger partial charge < -0.3 is 19.9 Å². The van der Waals surface area contributed by atoms with E-state index in [1.54, 1.807) is 18.3 Å². The molecule has 35 heavy (non-hydrogen) atoms. The maximum Gasteiger partial charge on any atom is 0.264 e. The van der Waals surface area contributed by atoms with Crippen LogP contribution in [0.25, 0.3) is 10.4 Å². The SMILES string of the molecule is O=C(NCC1CCCO1)c1cccnc1N1CCN(C(=O)c2ccc(-c3cccc(Cl)c3)s2)CC1. The average molecular weight is 511 g/mol. The molecule has 0 bridgehead atoms. The van der Waals surface area contributed by atoms with Crippen molar-refractivity contribution in [2.24, 2.45) is 0 Å². The molecule has 9 heteroatoms. The van der Waals surface area contributed by atoms with Crippen molar-refractivity contribution in [3.8, 4) is 10.4 Å². The minimum Gasteiger partial charge on any atom is -0.376 e. The Morgan fingerprint density at radius 1 is 1.11 bits per heavy atom. The van der Waals surface area contributed by atoms with Crippen LogP contribution in [-0.2, 0) is 4.74 Å². The fourth-order valence-electron chi connectivity index (χ4n) is 4.46. The predicted molar refractivity (Wildman–Crippen MR) is 138 cm³/mol. The van der Waals surface area contributed by atoms with Crippen LogP contribution < -0.4 is 10.2 Å². The van der Waals surface area contributed by atoms with E-state index in [-0.39, 0.29) is 17.9 Å². The Bertz CT molecular complexity index is 1200. The fraction of sp³-hybridized carbons (Fsp3) is 0.346. The van der Waals surface area contributed by atoms with Crippen LogP contribution in [0.4, 0.5) is 5.82 Å². The molecule has 2 aliphatic heterocycles. The zero-order chi connectivity index (χ0) is 24.2. The van der Waals surface area contributed by atoms with E-state index in [0.29, 0.717) is 54.0 Å². The number of aromatic nitrogens is 1. The molecule has 4 heterocycles. The van der Waals surface area contributed by atoms with Gasteiger partial charge >= 0.3 is 0 Å². The van der Waals surface area contributed by atoms with Gasteiger partial charge in [0.25, 0.3) is 11.8 Å². The molecular weight excluding hydrogens is 484 g/mol. The number of thiophene rings is 1. The zero-order valence-corrected chi connectivity index (χ0v) is 20.9. The average Bonchev–Trinajstić information content (AvgIpc) is 3.60. The van der Waals surface area contributed by atoms with Gasteiger partial charge in [0.1, 0.15) is 5.82 Å². The number of pyridine rings is 1. The Kier molecular flexibility index (Phi) is 7.32. The van der Waals surface area contributed by atoms with Crippen LogP contribution in [-0.4, -0.2) is 67.1 Å². The quantitative estimate of drug-likeness (QED) is 0.534. The minimum atomic E-state index is -0.144. The van der Waals surface area contributed by atoms with Gasteiger partial charge in [-0.1, -0.05) is 23.7 Å². The molecule has 0 radical (unpaired) electrons. The zero-order valence-electron chi connectivity index (χ0n) is 19.3. The third-order valence-corrected chi connectivity index (χ3v) is 7.70. The standard InChI is InChI=1S/C26H27ClN4O3S/c27-19-5-1-4-18(16-19)22-8-9-23(35-22)26(33)31-13-11-30(12-14-31)24-21(7-2-10-28-24)25(32)29-17-20-6-3-15-34-20/h1-2,4-5,7-10,16,20H,3,6,11-15,17H2,(H,29,32). The van der Waals surface area contributed by atoms with Gasteiger partial charge in [-0.2, -0.15) is 0 Å². The molecule has 3 aromatic rings. The number of ether oxygens (including phenoxy) is 1. The van der Waals surface area contributed by atoms with Gasteiger partial charge in [-0.05, 0) is 54.8 Å². The van der Waals surface area contributed by atoms with Gasteiger partial charge in [-0.25, -0.2) is 4.98 Å². The van der Waals surface area contributed by atoms with Gasteiger partial charge in [0, 0.05) is 55.4 Å². The van der Waals surface area contributed by atoms with E-state index < -0.39 is 0 Å². The molecule has 1 aromatic carbocycles. The number of carbonyl (C=O) groups excluding carboxylic acids is 2. The van der Waals surface area contributed by atoms with Crippen LogP contribution in [0.15, 0.2) is 54.7 Å². The fourth-order valence-corrected chi connectivity index (χ4v) is 5.62. The highest BCUT2D eigenvalue weighted by atomic mass is 35.5. The highest BCUT2D eigenvalue weighted by Crippen LogP contribution is 2.31. The number of benzene rings is 1. The molecular formula is C26H27ClN4O3S. The third-order valence-electron chi connectivity index (χ3n) is 6.34. The molecule has 182 valence electrons. The van der Waals surface area contributed by atoms with Crippen molar-refractivity contribution in [2.45, 2.75) is 18.9 Å². The second-order valence-corrected chi connectivity index (χ2v) is 10.2. The Morgan fingerprint density at radius 2 is 1.97 bits per heavy atom. The molecule has 0 saturated carbocycles. The summed E-state index contributed by atoms with van der Waals surface area (Å²) in [6, 6.07) is 15.1. The number of piperazine rings is 1. The lowest BCUT2D eigenvalue weighted by atomic mass is 10.2. The molecule has 1 unspecified atom stereocenters. The molecule has 1 atom stereocenters. The van der Waals surface area contributed by atoms with Gasteiger partial charge in [-0.3, -0.25) is 9.59 Å². The number of nitrogens with zero attached hydrogens (tertiary/aromatic N) is 3. The van der Waals surface area contributed by atoms with E-state index in [1.807, 2.05) is 41.3 Å². The number of hydrogen-bond donors (Lipinski definition) is 1. The number of nitrogens with one attached hydrogen (secondary N) is 1. The lowest BCUT2D eigenvalue weighted by Crippen LogP contribution is -2.49. The summed E-state index contributed by atoms with van der Waals surface area (Å²) in [7, 11) is 0. The monoisotopic (exact) mass is 510 g/mol. The maximum atomic E-state index is 13.1. The highest BCUT2D eigenvalue weighted by molar-refractivity contribution is 7.17. The number of halogens is 1. The van der Waals surface area contributed by atoms with Gasteiger partial charge in [-0.15, -0.1) is 11.3 Å². The molecule has 2 aromatic heterocycles. The first-order chi connectivity index (χ1) is 17.1. The van der Waals surface area contributed by atoms with E-state index in [0.717, 1.165) is 29.9 Å². The van der Waals surface area contributed by atoms with E-state index in [9.17, 15) is 9.59 Å². The maximum absolute atomic E-state index is 13.1. The van der Waals surface area contributed by atoms with E-state index in [2.05, 4.69) is 15.2 Å². The van der Waals surface area contributed by atoms with Crippen LogP contribution in [0.1, 0.15) is 32.9 Å². The van der Waals surface area contributed by atoms with Crippen molar-refractivity contribution >= 4 is 40.6 Å². The first-order valence-electron chi connectivity index (χ1n) is 11.8. The summed E-state index contributed by atoms with van der Waals surface area (Å²) in [4.78, 5) is 36.2. The first-order valence-corrected chi connectivity index (χ1v) is 13.0. The second kappa shape index (κ2) is 10.8. The summed E-state index contributed by atoms with van der Waals surface area (Å²) in [5.41, 5.74) is 1.56. The highest BCUT2D eigenvalue weighted by Gasteiger charge is 2.27. The van der Waals surface area contributed by atoms with Gasteiger partial charge in [0.2, 0.25) is 0 Å². The Hall–Kier alpha value is -2.94. The third kappa shape index (κ3) is 5.50. The molecule has 2 fully saturated rings. The van der Waals surface area contributed by atoms with Crippen LogP contribution in [0.5, 0.6) is 0 Å². The Morgan fingerprint density at radius 3 is 2.74 bits per heavy atom. The Labute approximate surface area is 213 Å². The molecule has 1 N–H and O–H groups in total. The Balaban J connectivity index is 1.21. The van der Waals surface area contributed by atoms with Crippen molar-refractivity contribution in [3.05, 3.63) is 70.2 Å². The van der Waals surface area contributed by atoms with Crippen molar-refractivity contribution in [1.29, 1.82) is 0 Å². The minimum absolute atomic E-state index is 0.0264. The smallest absolute Gasteiger partial charge is 0.264 e. The topological polar surface area (TPSA) is 74.8 Å². The lowest BCUT2D eigenvalue weighted by molar-refractivity contribution is 0.0750. The number of anilines is 1. The van der Waals surface area contributed by atoms with Crippen LogP contribution in [0, 0.1) is 0 Å². The predicted octanol–water partition coefficient (Wildman–Crippen LogP) is 4.33. The van der Waals surface area contributed by atoms with Crippen molar-refractivity contribution in [3.63, 3.8) is 0 Å². The normalized spacial score (nSPS) is 18.0. The summed E-state index contributed by atoms with van der Waals surface area (Å²) >= 11 is 7.59. The van der Waals surface area contributed by atoms with E-state index in [4.69, 9.17) is 16.3 Å². The number of amides is 2. The molecule has 2 amide bonds. The molecule has 7 nitrogen and oxygen atoms in total. The molecule has 0 spiro atoms. The number of carbonyl (C=O) groups is 2. The number of rotatable bonds is 6. The molecule has 2 aliphatic rings. The van der Waals surface area contributed by atoms with Crippen LogP contribution in [0.3, 0.4) is 0 Å². The van der Waals surface area contributed by atoms with Gasteiger partial charge in [0.05, 0.1) is 16.5 Å². The first kappa shape index (κ1) is 23.8. The van der Waals surface area contributed by atoms with E-state index in [1.165, 1.54) is 11.3 Å². The lowest BCUT2D eigenvalue weighted by Gasteiger charge is -2.35. The van der Waals surface area contributed by atoms with Gasteiger partial charge in [0.15, 0.2) is 0 Å². The summed E-state index contributed by atoms with van der Waals surface area (Å²) in [6.07, 6.45) is 3.80. The molecule has 5 rings (SSSR count). The molecule has 2 saturated heterocycles. The molecule has 0 aliphatic carbocycles. The van der Waals surface area contributed by atoms with Crippen LogP contribution in [0.2, 0.25) is 5.02 Å². The summed E-state index contributed by atoms with van der Waals surface area (Å²) in [5.74, 6) is 0.538. The van der Waals surface area contributed by atoms with Crippen molar-refractivity contribution in [2.75, 3.05) is 44.2 Å². The van der Waals surface area contributed by atoms with E-state index >= 15 is 0 Å². The summed E-state index contributed by atoms with van der Waals surface area (Å²) < 4.78 is 5.61. The summed E-state index contributed by atoms with van der Waals surface area (Å²) in [6.45, 7) is 3.62. The van der Waals surface area contributed by atoms with Crippen molar-refractivity contribution < 1.29 is 14.3 Å². The van der Waals surface area contributed by atoms with Crippen molar-refractivity contribution in [1.82, 2.24) is 15.2 Å². The number of hydrogen-bond acceptors (Lipinski definition) is 6. The summed E-state index contributed by atoms with van der Waals surface area (Å²) in [5, 5.41) is 3.66. The van der Waals surface area contributed by atoms with Crippen LogP contribution >= 0.6 is 22.9 Å².